The molecule has 0 aromatic carbocycles. The van der Waals surface area contributed by atoms with E-state index >= 15 is 0 Å². The first-order chi connectivity index (χ1) is 8.65. The monoisotopic (exact) mass is 268 g/mol. The second kappa shape index (κ2) is 8.09. The lowest BCUT2D eigenvalue weighted by Gasteiger charge is -2.27. The van der Waals surface area contributed by atoms with E-state index in [4.69, 9.17) is 11.6 Å². The highest BCUT2D eigenvalue weighted by atomic mass is 35.5. The fraction of sp³-hybridized carbons (Fsp3) is 0.571. The molecule has 0 atom stereocenters. The van der Waals surface area contributed by atoms with Gasteiger partial charge in [0, 0.05) is 37.3 Å². The van der Waals surface area contributed by atoms with Gasteiger partial charge in [-0.2, -0.15) is 0 Å². The highest BCUT2D eigenvalue weighted by Crippen LogP contribution is 2.11. The van der Waals surface area contributed by atoms with Crippen LogP contribution in [-0.2, 0) is 11.3 Å². The largest absolute Gasteiger partial charge is 0.336 e. The number of nitrogens with zero attached hydrogens (tertiary/aromatic N) is 2. The lowest BCUT2D eigenvalue weighted by molar-refractivity contribution is -0.133. The van der Waals surface area contributed by atoms with Gasteiger partial charge in [-0.3, -0.25) is 9.78 Å². The average Bonchev–Trinajstić information content (AvgIpc) is 2.37. The highest BCUT2D eigenvalue weighted by molar-refractivity contribution is 6.17. The number of pyridine rings is 1. The van der Waals surface area contributed by atoms with Gasteiger partial charge >= 0.3 is 0 Å². The number of amides is 1. The molecule has 0 N–H and O–H groups in total. The van der Waals surface area contributed by atoms with Crippen LogP contribution in [-0.4, -0.2) is 27.7 Å². The molecule has 1 aromatic heterocycles. The van der Waals surface area contributed by atoms with E-state index in [1.807, 2.05) is 30.9 Å². The van der Waals surface area contributed by atoms with Crippen LogP contribution in [0, 0.1) is 0 Å². The minimum Gasteiger partial charge on any atom is -0.336 e. The van der Waals surface area contributed by atoms with E-state index in [2.05, 4.69) is 4.98 Å². The molecule has 1 amide bonds. The van der Waals surface area contributed by atoms with Crippen molar-refractivity contribution in [2.75, 3.05) is 5.88 Å². The van der Waals surface area contributed by atoms with E-state index < -0.39 is 0 Å². The van der Waals surface area contributed by atoms with E-state index in [9.17, 15) is 4.79 Å². The fourth-order valence-corrected chi connectivity index (χ4v) is 1.95. The van der Waals surface area contributed by atoms with Crippen LogP contribution >= 0.6 is 11.6 Å². The zero-order valence-corrected chi connectivity index (χ0v) is 11.9. The molecular weight excluding hydrogens is 248 g/mol. The van der Waals surface area contributed by atoms with Gasteiger partial charge in [0.1, 0.15) is 0 Å². The molecule has 0 fully saturated rings. The average molecular weight is 269 g/mol. The molecular formula is C14H21ClN2O. The first-order valence-corrected chi connectivity index (χ1v) is 6.93. The van der Waals surface area contributed by atoms with Crippen LogP contribution in [0.3, 0.4) is 0 Å². The zero-order chi connectivity index (χ0) is 13.4. The molecule has 18 heavy (non-hydrogen) atoms. The maximum atomic E-state index is 12.1. The highest BCUT2D eigenvalue weighted by Gasteiger charge is 2.16. The molecule has 4 heteroatoms. The predicted molar refractivity (Wildman–Crippen MR) is 74.5 cm³/mol. The topological polar surface area (TPSA) is 33.2 Å². The maximum Gasteiger partial charge on any atom is 0.223 e. The van der Waals surface area contributed by atoms with Crippen LogP contribution in [0.2, 0.25) is 0 Å². The molecule has 1 aromatic rings. The van der Waals surface area contributed by atoms with E-state index in [0.717, 1.165) is 18.4 Å². The number of rotatable bonds is 7. The van der Waals surface area contributed by atoms with Crippen molar-refractivity contribution in [2.24, 2.45) is 0 Å². The molecule has 0 spiro atoms. The molecule has 1 rings (SSSR count). The normalized spacial score (nSPS) is 10.7. The van der Waals surface area contributed by atoms with E-state index in [1.54, 1.807) is 12.4 Å². The number of carbonyl (C=O) groups is 1. The summed E-state index contributed by atoms with van der Waals surface area (Å²) in [6.07, 6.45) is 5.88. The lowest BCUT2D eigenvalue weighted by Crippen LogP contribution is -2.36. The van der Waals surface area contributed by atoms with Gasteiger partial charge in [-0.05, 0) is 38.3 Å². The summed E-state index contributed by atoms with van der Waals surface area (Å²) in [6, 6.07) is 4.09. The molecule has 100 valence electrons. The number of aromatic nitrogens is 1. The molecule has 0 bridgehead atoms. The molecule has 1 heterocycles. The zero-order valence-electron chi connectivity index (χ0n) is 11.1. The van der Waals surface area contributed by atoms with Gasteiger partial charge < -0.3 is 4.90 Å². The maximum absolute atomic E-state index is 12.1. The predicted octanol–water partition coefficient (Wildman–Crippen LogP) is 3.23. The summed E-state index contributed by atoms with van der Waals surface area (Å²) in [5, 5.41) is 0. The first-order valence-electron chi connectivity index (χ1n) is 6.39. The molecule has 0 aliphatic rings. The summed E-state index contributed by atoms with van der Waals surface area (Å²) in [7, 11) is 0. The van der Waals surface area contributed by atoms with Crippen molar-refractivity contribution in [3.05, 3.63) is 30.1 Å². The van der Waals surface area contributed by atoms with Crippen molar-refractivity contribution >= 4 is 17.5 Å². The summed E-state index contributed by atoms with van der Waals surface area (Å²) < 4.78 is 0. The van der Waals surface area contributed by atoms with Crippen LogP contribution in [0.5, 0.6) is 0 Å². The first kappa shape index (κ1) is 15.0. The molecule has 0 aliphatic heterocycles. The minimum atomic E-state index is 0.193. The van der Waals surface area contributed by atoms with Crippen LogP contribution in [0.15, 0.2) is 24.5 Å². The summed E-state index contributed by atoms with van der Waals surface area (Å²) in [4.78, 5) is 18.1. The third-order valence-corrected chi connectivity index (χ3v) is 3.06. The van der Waals surface area contributed by atoms with Gasteiger partial charge in [0.2, 0.25) is 5.91 Å². The SMILES string of the molecule is CC(C)N(Cc1cccnc1)C(=O)CCCCCl. The van der Waals surface area contributed by atoms with Gasteiger partial charge in [0.25, 0.3) is 0 Å². The second-order valence-corrected chi connectivity index (χ2v) is 5.00. The van der Waals surface area contributed by atoms with Crippen LogP contribution < -0.4 is 0 Å². The fourth-order valence-electron chi connectivity index (χ4n) is 1.76. The number of unbranched alkanes of at least 4 members (excludes halogenated alkanes) is 1. The van der Waals surface area contributed by atoms with Crippen molar-refractivity contribution in [3.8, 4) is 0 Å². The van der Waals surface area contributed by atoms with Gasteiger partial charge in [-0.25, -0.2) is 0 Å². The number of hydrogen-bond donors (Lipinski definition) is 0. The molecule has 0 aliphatic carbocycles. The quantitative estimate of drug-likeness (QED) is 0.562. The smallest absolute Gasteiger partial charge is 0.223 e. The third-order valence-electron chi connectivity index (χ3n) is 2.79. The van der Waals surface area contributed by atoms with Crippen molar-refractivity contribution in [2.45, 2.75) is 45.7 Å². The molecule has 3 nitrogen and oxygen atoms in total. The minimum absolute atomic E-state index is 0.193. The van der Waals surface area contributed by atoms with Gasteiger partial charge in [-0.1, -0.05) is 6.07 Å². The molecule has 0 unspecified atom stereocenters. The summed E-state index contributed by atoms with van der Waals surface area (Å²) in [5.74, 6) is 0.816. The Balaban J connectivity index is 2.57. The number of halogens is 1. The van der Waals surface area contributed by atoms with Crippen LogP contribution in [0.1, 0.15) is 38.7 Å². The van der Waals surface area contributed by atoms with Crippen molar-refractivity contribution in [1.82, 2.24) is 9.88 Å². The van der Waals surface area contributed by atoms with Crippen LogP contribution in [0.4, 0.5) is 0 Å². The van der Waals surface area contributed by atoms with Crippen LogP contribution in [0.25, 0.3) is 0 Å². The van der Waals surface area contributed by atoms with E-state index in [-0.39, 0.29) is 11.9 Å². The summed E-state index contributed by atoms with van der Waals surface area (Å²) in [6.45, 7) is 4.71. The molecule has 0 saturated carbocycles. The van der Waals surface area contributed by atoms with E-state index in [0.29, 0.717) is 18.8 Å². The van der Waals surface area contributed by atoms with Gasteiger partial charge in [-0.15, -0.1) is 11.6 Å². The Bertz CT molecular complexity index is 354. The Morgan fingerprint density at radius 1 is 1.44 bits per heavy atom. The standard InChI is InChI=1S/C14H21ClN2O/c1-12(2)17(14(18)7-3-4-8-15)11-13-6-5-9-16-10-13/h5-6,9-10,12H,3-4,7-8,11H2,1-2H3. The number of alkyl halides is 1. The third kappa shape index (κ3) is 5.05. The number of carbonyl (C=O) groups excluding carboxylic acids is 1. The van der Waals surface area contributed by atoms with Crippen molar-refractivity contribution in [1.29, 1.82) is 0 Å². The Morgan fingerprint density at radius 2 is 2.22 bits per heavy atom. The Labute approximate surface area is 114 Å². The molecule has 0 radical (unpaired) electrons. The number of hydrogen-bond acceptors (Lipinski definition) is 2. The Hall–Kier alpha value is -1.09. The van der Waals surface area contributed by atoms with Crippen molar-refractivity contribution < 1.29 is 4.79 Å². The Morgan fingerprint density at radius 3 is 2.78 bits per heavy atom. The van der Waals surface area contributed by atoms with Gasteiger partial charge in [0.05, 0.1) is 0 Å². The van der Waals surface area contributed by atoms with E-state index in [1.165, 1.54) is 0 Å². The van der Waals surface area contributed by atoms with Gasteiger partial charge in [0.15, 0.2) is 0 Å². The van der Waals surface area contributed by atoms with Crippen molar-refractivity contribution in [3.63, 3.8) is 0 Å². The Kier molecular flexibility index (Phi) is 6.73. The lowest BCUT2D eigenvalue weighted by atomic mass is 10.1. The molecule has 0 saturated heterocycles. The summed E-state index contributed by atoms with van der Waals surface area (Å²) in [5.41, 5.74) is 1.07. The second-order valence-electron chi connectivity index (χ2n) is 4.62. The summed E-state index contributed by atoms with van der Waals surface area (Å²) >= 11 is 5.62.